The number of para-hydroxylation sites is 2. The zero-order valence-corrected chi connectivity index (χ0v) is 14.7. The van der Waals surface area contributed by atoms with Crippen LogP contribution >= 0.6 is 0 Å². The second kappa shape index (κ2) is 8.11. The number of aryl methyl sites for hydroxylation is 1. The highest BCUT2D eigenvalue weighted by Gasteiger charge is 2.13. The Bertz CT molecular complexity index is 912. The van der Waals surface area contributed by atoms with E-state index in [1.807, 2.05) is 37.3 Å². The summed E-state index contributed by atoms with van der Waals surface area (Å²) in [6.07, 6.45) is 1.66. The van der Waals surface area contributed by atoms with Crippen molar-refractivity contribution in [3.63, 3.8) is 0 Å². The molecule has 0 saturated carbocycles. The predicted octanol–water partition coefficient (Wildman–Crippen LogP) is 4.45. The molecular weight excluding hydrogens is 328 g/mol. The second-order valence-electron chi connectivity index (χ2n) is 5.60. The molecular formula is C20H20N4O2. The Morgan fingerprint density at radius 2 is 1.73 bits per heavy atom. The fourth-order valence-corrected chi connectivity index (χ4v) is 2.44. The van der Waals surface area contributed by atoms with E-state index in [0.29, 0.717) is 29.6 Å². The van der Waals surface area contributed by atoms with Gasteiger partial charge < -0.3 is 15.4 Å². The molecule has 0 saturated heterocycles. The van der Waals surface area contributed by atoms with Gasteiger partial charge in [-0.15, -0.1) is 0 Å². The van der Waals surface area contributed by atoms with E-state index in [-0.39, 0.29) is 5.97 Å². The van der Waals surface area contributed by atoms with Crippen LogP contribution in [0.3, 0.4) is 0 Å². The highest BCUT2D eigenvalue weighted by atomic mass is 16.5. The fraction of sp³-hybridized carbons (Fsp3) is 0.150. The Morgan fingerprint density at radius 3 is 2.50 bits per heavy atom. The van der Waals surface area contributed by atoms with Crippen molar-refractivity contribution < 1.29 is 9.53 Å². The van der Waals surface area contributed by atoms with Crippen molar-refractivity contribution in [3.8, 4) is 0 Å². The van der Waals surface area contributed by atoms with E-state index in [1.165, 1.54) is 0 Å². The summed E-state index contributed by atoms with van der Waals surface area (Å²) in [6.45, 7) is 4.12. The van der Waals surface area contributed by atoms with Gasteiger partial charge in [0.1, 0.15) is 5.82 Å². The molecule has 2 aromatic carbocycles. The lowest BCUT2D eigenvalue weighted by molar-refractivity contribution is 0.0527. The third-order valence-corrected chi connectivity index (χ3v) is 3.73. The van der Waals surface area contributed by atoms with Gasteiger partial charge >= 0.3 is 5.97 Å². The van der Waals surface area contributed by atoms with Crippen LogP contribution in [-0.4, -0.2) is 22.5 Å². The maximum Gasteiger partial charge on any atom is 0.340 e. The van der Waals surface area contributed by atoms with Crippen molar-refractivity contribution in [3.05, 3.63) is 71.9 Å². The monoisotopic (exact) mass is 348 g/mol. The molecule has 0 unspecified atom stereocenters. The summed E-state index contributed by atoms with van der Waals surface area (Å²) in [5.41, 5.74) is 3.13. The lowest BCUT2D eigenvalue weighted by Crippen LogP contribution is -2.09. The smallest absolute Gasteiger partial charge is 0.340 e. The summed E-state index contributed by atoms with van der Waals surface area (Å²) in [5.74, 6) is 0.663. The molecule has 2 N–H and O–H groups in total. The first-order chi connectivity index (χ1) is 12.7. The number of hydrogen-bond donors (Lipinski definition) is 2. The number of aromatic nitrogens is 2. The zero-order chi connectivity index (χ0) is 18.4. The maximum absolute atomic E-state index is 12.1. The summed E-state index contributed by atoms with van der Waals surface area (Å²) >= 11 is 0. The second-order valence-corrected chi connectivity index (χ2v) is 5.60. The summed E-state index contributed by atoms with van der Waals surface area (Å²) in [7, 11) is 0. The van der Waals surface area contributed by atoms with Gasteiger partial charge in [0.2, 0.25) is 5.95 Å². The Hall–Kier alpha value is -3.41. The van der Waals surface area contributed by atoms with Gasteiger partial charge in [0.25, 0.3) is 0 Å². The molecule has 0 fully saturated rings. The molecule has 6 nitrogen and oxygen atoms in total. The van der Waals surface area contributed by atoms with E-state index >= 15 is 0 Å². The number of ether oxygens (including phenoxy) is 1. The molecule has 0 amide bonds. The van der Waals surface area contributed by atoms with Gasteiger partial charge in [-0.1, -0.05) is 30.3 Å². The van der Waals surface area contributed by atoms with Crippen molar-refractivity contribution in [2.24, 2.45) is 0 Å². The SMILES string of the molecule is CCOC(=O)c1ccccc1Nc1nccc(Nc2ccccc2C)n1. The van der Waals surface area contributed by atoms with Crippen molar-refractivity contribution in [2.45, 2.75) is 13.8 Å². The fourth-order valence-electron chi connectivity index (χ4n) is 2.44. The first-order valence-electron chi connectivity index (χ1n) is 8.36. The third-order valence-electron chi connectivity index (χ3n) is 3.73. The summed E-state index contributed by atoms with van der Waals surface area (Å²) < 4.78 is 5.09. The number of carbonyl (C=O) groups is 1. The van der Waals surface area contributed by atoms with Crippen LogP contribution in [0.15, 0.2) is 60.8 Å². The van der Waals surface area contributed by atoms with E-state index in [9.17, 15) is 4.79 Å². The number of carbonyl (C=O) groups excluding carboxylic acids is 1. The minimum atomic E-state index is -0.384. The molecule has 1 aromatic heterocycles. The summed E-state index contributed by atoms with van der Waals surface area (Å²) in [4.78, 5) is 20.8. The molecule has 3 rings (SSSR count). The van der Waals surface area contributed by atoms with Gasteiger partial charge in [0, 0.05) is 11.9 Å². The Kier molecular flexibility index (Phi) is 5.43. The van der Waals surface area contributed by atoms with Gasteiger partial charge in [-0.05, 0) is 43.7 Å². The van der Waals surface area contributed by atoms with Crippen molar-refractivity contribution in [2.75, 3.05) is 17.2 Å². The maximum atomic E-state index is 12.1. The Morgan fingerprint density at radius 1 is 1.00 bits per heavy atom. The van der Waals surface area contributed by atoms with Crippen LogP contribution < -0.4 is 10.6 Å². The van der Waals surface area contributed by atoms with E-state index < -0.39 is 0 Å². The topological polar surface area (TPSA) is 76.1 Å². The molecule has 0 aliphatic carbocycles. The third kappa shape index (κ3) is 4.16. The summed E-state index contributed by atoms with van der Waals surface area (Å²) in [5, 5.41) is 6.36. The molecule has 0 spiro atoms. The number of benzene rings is 2. The van der Waals surface area contributed by atoms with Gasteiger partial charge in [0.15, 0.2) is 0 Å². The van der Waals surface area contributed by atoms with E-state index in [0.717, 1.165) is 11.3 Å². The number of rotatable bonds is 6. The van der Waals surface area contributed by atoms with Gasteiger partial charge in [-0.25, -0.2) is 9.78 Å². The minimum absolute atomic E-state index is 0.319. The van der Waals surface area contributed by atoms with Crippen molar-refractivity contribution in [1.82, 2.24) is 9.97 Å². The van der Waals surface area contributed by atoms with Gasteiger partial charge in [-0.3, -0.25) is 0 Å². The average Bonchev–Trinajstić information content (AvgIpc) is 2.65. The first-order valence-corrected chi connectivity index (χ1v) is 8.36. The standard InChI is InChI=1S/C20H20N4O2/c1-3-26-19(25)15-9-5-7-11-17(15)23-20-21-13-12-18(24-20)22-16-10-6-4-8-14(16)2/h4-13H,3H2,1-2H3,(H2,21,22,23,24). The molecule has 0 aliphatic heterocycles. The largest absolute Gasteiger partial charge is 0.462 e. The average molecular weight is 348 g/mol. The summed E-state index contributed by atoms with van der Waals surface area (Å²) in [6, 6.07) is 16.9. The molecule has 3 aromatic rings. The van der Waals surface area contributed by atoms with E-state index in [1.54, 1.807) is 37.4 Å². The van der Waals surface area contributed by atoms with E-state index in [2.05, 4.69) is 20.6 Å². The molecule has 1 heterocycles. The number of hydrogen-bond acceptors (Lipinski definition) is 6. The molecule has 0 aliphatic rings. The number of esters is 1. The lowest BCUT2D eigenvalue weighted by atomic mass is 10.2. The predicted molar refractivity (Wildman–Crippen MR) is 102 cm³/mol. The molecule has 0 bridgehead atoms. The molecule has 132 valence electrons. The molecule has 0 atom stereocenters. The van der Waals surface area contributed by atoms with Crippen LogP contribution in [0.25, 0.3) is 0 Å². The van der Waals surface area contributed by atoms with Crippen LogP contribution in [0.2, 0.25) is 0 Å². The van der Waals surface area contributed by atoms with Crippen LogP contribution in [0.5, 0.6) is 0 Å². The highest BCUT2D eigenvalue weighted by molar-refractivity contribution is 5.96. The molecule has 6 heteroatoms. The van der Waals surface area contributed by atoms with Crippen LogP contribution in [0, 0.1) is 6.92 Å². The van der Waals surface area contributed by atoms with Crippen LogP contribution in [-0.2, 0) is 4.74 Å². The van der Waals surface area contributed by atoms with Gasteiger partial charge in [-0.2, -0.15) is 4.98 Å². The minimum Gasteiger partial charge on any atom is -0.462 e. The lowest BCUT2D eigenvalue weighted by Gasteiger charge is -2.12. The first kappa shape index (κ1) is 17.4. The quantitative estimate of drug-likeness (QED) is 0.641. The normalized spacial score (nSPS) is 10.2. The van der Waals surface area contributed by atoms with Crippen LogP contribution in [0.1, 0.15) is 22.8 Å². The number of nitrogens with zero attached hydrogens (tertiary/aromatic N) is 2. The van der Waals surface area contributed by atoms with Crippen LogP contribution in [0.4, 0.5) is 23.1 Å². The van der Waals surface area contributed by atoms with E-state index in [4.69, 9.17) is 4.74 Å². The Labute approximate surface area is 152 Å². The zero-order valence-electron chi connectivity index (χ0n) is 14.7. The highest BCUT2D eigenvalue weighted by Crippen LogP contribution is 2.22. The molecule has 0 radical (unpaired) electrons. The van der Waals surface area contributed by atoms with Crippen molar-refractivity contribution >= 4 is 29.1 Å². The number of nitrogens with one attached hydrogen (secondary N) is 2. The Balaban J connectivity index is 1.82. The molecule has 26 heavy (non-hydrogen) atoms. The van der Waals surface area contributed by atoms with Gasteiger partial charge in [0.05, 0.1) is 17.9 Å². The van der Waals surface area contributed by atoms with Crippen molar-refractivity contribution in [1.29, 1.82) is 0 Å². The number of anilines is 4.